The minimum Gasteiger partial charge on any atom is -0.342 e. The van der Waals surface area contributed by atoms with Crippen LogP contribution in [0.3, 0.4) is 0 Å². The van der Waals surface area contributed by atoms with E-state index in [0.717, 1.165) is 26.2 Å². The van der Waals surface area contributed by atoms with Crippen molar-refractivity contribution in [2.24, 2.45) is 5.92 Å². The maximum atomic E-state index is 12.0. The van der Waals surface area contributed by atoms with E-state index in [1.54, 1.807) is 0 Å². The lowest BCUT2D eigenvalue weighted by molar-refractivity contribution is -0.132. The van der Waals surface area contributed by atoms with Gasteiger partial charge in [0.2, 0.25) is 5.91 Å². The summed E-state index contributed by atoms with van der Waals surface area (Å²) in [5, 5.41) is 3.43. The SMILES string of the molecule is CCN(CC)C(=O)CN(C)C1CNCC(C)C1. The summed E-state index contributed by atoms with van der Waals surface area (Å²) in [7, 11) is 2.06. The molecule has 1 aliphatic rings. The van der Waals surface area contributed by atoms with Gasteiger partial charge in [-0.2, -0.15) is 0 Å². The second-order valence-corrected chi connectivity index (χ2v) is 5.13. The number of hydrogen-bond donors (Lipinski definition) is 1. The van der Waals surface area contributed by atoms with Gasteiger partial charge < -0.3 is 10.2 Å². The lowest BCUT2D eigenvalue weighted by Gasteiger charge is -2.35. The van der Waals surface area contributed by atoms with Crippen molar-refractivity contribution in [3.63, 3.8) is 0 Å². The topological polar surface area (TPSA) is 35.6 Å². The number of nitrogens with one attached hydrogen (secondary N) is 1. The molecule has 0 bridgehead atoms. The Labute approximate surface area is 105 Å². The first-order chi connectivity index (χ1) is 8.08. The molecule has 4 heteroatoms. The molecular formula is C13H27N3O. The summed E-state index contributed by atoms with van der Waals surface area (Å²) < 4.78 is 0. The summed E-state index contributed by atoms with van der Waals surface area (Å²) in [6.45, 7) is 10.6. The van der Waals surface area contributed by atoms with Crippen molar-refractivity contribution in [3.05, 3.63) is 0 Å². The van der Waals surface area contributed by atoms with E-state index in [4.69, 9.17) is 0 Å². The predicted molar refractivity (Wildman–Crippen MR) is 71.0 cm³/mol. The highest BCUT2D eigenvalue weighted by molar-refractivity contribution is 5.78. The van der Waals surface area contributed by atoms with Gasteiger partial charge in [-0.3, -0.25) is 9.69 Å². The summed E-state index contributed by atoms with van der Waals surface area (Å²) in [5.74, 6) is 0.954. The third kappa shape index (κ3) is 4.28. The Balaban J connectivity index is 2.42. The van der Waals surface area contributed by atoms with Crippen molar-refractivity contribution >= 4 is 5.91 Å². The van der Waals surface area contributed by atoms with Crippen molar-refractivity contribution in [2.75, 3.05) is 39.8 Å². The van der Waals surface area contributed by atoms with Crippen LogP contribution < -0.4 is 5.32 Å². The van der Waals surface area contributed by atoms with Crippen LogP contribution in [0.15, 0.2) is 0 Å². The Kier molecular flexibility index (Phi) is 5.92. The second kappa shape index (κ2) is 6.97. The number of amides is 1. The lowest BCUT2D eigenvalue weighted by Crippen LogP contribution is -2.50. The second-order valence-electron chi connectivity index (χ2n) is 5.13. The van der Waals surface area contributed by atoms with Gasteiger partial charge in [0.1, 0.15) is 0 Å². The lowest BCUT2D eigenvalue weighted by atomic mass is 9.97. The van der Waals surface area contributed by atoms with Gasteiger partial charge in [-0.15, -0.1) is 0 Å². The molecule has 2 atom stereocenters. The van der Waals surface area contributed by atoms with E-state index < -0.39 is 0 Å². The van der Waals surface area contributed by atoms with Crippen LogP contribution in [0.5, 0.6) is 0 Å². The van der Waals surface area contributed by atoms with Crippen molar-refractivity contribution in [1.29, 1.82) is 0 Å². The Morgan fingerprint density at radius 3 is 2.47 bits per heavy atom. The van der Waals surface area contributed by atoms with Crippen LogP contribution in [-0.4, -0.2) is 61.5 Å². The fourth-order valence-electron chi connectivity index (χ4n) is 2.48. The van der Waals surface area contributed by atoms with Crippen molar-refractivity contribution < 1.29 is 4.79 Å². The van der Waals surface area contributed by atoms with E-state index in [2.05, 4.69) is 24.2 Å². The highest BCUT2D eigenvalue weighted by atomic mass is 16.2. The maximum Gasteiger partial charge on any atom is 0.236 e. The zero-order valence-electron chi connectivity index (χ0n) is 11.7. The molecule has 100 valence electrons. The van der Waals surface area contributed by atoms with Crippen LogP contribution in [0.2, 0.25) is 0 Å². The van der Waals surface area contributed by atoms with E-state index in [9.17, 15) is 4.79 Å². The van der Waals surface area contributed by atoms with Crippen LogP contribution in [0, 0.1) is 5.92 Å². The third-order valence-electron chi connectivity index (χ3n) is 3.67. The molecule has 0 saturated carbocycles. The molecule has 1 amide bonds. The number of hydrogen-bond acceptors (Lipinski definition) is 3. The van der Waals surface area contributed by atoms with Crippen molar-refractivity contribution in [2.45, 2.75) is 33.2 Å². The van der Waals surface area contributed by atoms with Gasteiger partial charge in [0, 0.05) is 25.7 Å². The first-order valence-corrected chi connectivity index (χ1v) is 6.77. The summed E-state index contributed by atoms with van der Waals surface area (Å²) in [5.41, 5.74) is 0. The molecule has 1 saturated heterocycles. The number of carbonyl (C=O) groups excluding carboxylic acids is 1. The highest BCUT2D eigenvalue weighted by Crippen LogP contribution is 2.14. The quantitative estimate of drug-likeness (QED) is 0.773. The average molecular weight is 241 g/mol. The van der Waals surface area contributed by atoms with E-state index in [-0.39, 0.29) is 5.91 Å². The molecule has 17 heavy (non-hydrogen) atoms. The fraction of sp³-hybridized carbons (Fsp3) is 0.923. The van der Waals surface area contributed by atoms with Crippen molar-refractivity contribution in [3.8, 4) is 0 Å². The van der Waals surface area contributed by atoms with Gasteiger partial charge in [0.05, 0.1) is 6.54 Å². The molecule has 0 aliphatic carbocycles. The number of rotatable bonds is 5. The zero-order valence-corrected chi connectivity index (χ0v) is 11.7. The first-order valence-electron chi connectivity index (χ1n) is 6.77. The maximum absolute atomic E-state index is 12.0. The molecule has 0 aromatic heterocycles. The molecule has 0 spiro atoms. The Bertz CT molecular complexity index is 241. The van der Waals surface area contributed by atoms with Crippen molar-refractivity contribution in [1.82, 2.24) is 15.1 Å². The van der Waals surface area contributed by atoms with Gasteiger partial charge in [-0.1, -0.05) is 6.92 Å². The first kappa shape index (κ1) is 14.5. The summed E-state index contributed by atoms with van der Waals surface area (Å²) in [6, 6.07) is 0.498. The smallest absolute Gasteiger partial charge is 0.236 e. The molecule has 1 fully saturated rings. The minimum absolute atomic E-state index is 0.246. The molecule has 0 radical (unpaired) electrons. The zero-order chi connectivity index (χ0) is 12.8. The Morgan fingerprint density at radius 2 is 1.94 bits per heavy atom. The number of carbonyl (C=O) groups is 1. The Hall–Kier alpha value is -0.610. The van der Waals surface area contributed by atoms with E-state index in [1.807, 2.05) is 18.7 Å². The molecule has 1 N–H and O–H groups in total. The molecule has 0 aromatic rings. The summed E-state index contributed by atoms with van der Waals surface area (Å²) in [4.78, 5) is 16.1. The Morgan fingerprint density at radius 1 is 1.29 bits per heavy atom. The van der Waals surface area contributed by atoms with Crippen LogP contribution in [-0.2, 0) is 4.79 Å². The highest BCUT2D eigenvalue weighted by Gasteiger charge is 2.24. The monoisotopic (exact) mass is 241 g/mol. The van der Waals surface area contributed by atoms with Gasteiger partial charge in [0.15, 0.2) is 0 Å². The minimum atomic E-state index is 0.246. The average Bonchev–Trinajstić information content (AvgIpc) is 2.30. The van der Waals surface area contributed by atoms with E-state index in [0.29, 0.717) is 18.5 Å². The van der Waals surface area contributed by atoms with Gasteiger partial charge in [-0.25, -0.2) is 0 Å². The number of nitrogens with zero attached hydrogens (tertiary/aromatic N) is 2. The van der Waals surface area contributed by atoms with Gasteiger partial charge >= 0.3 is 0 Å². The number of likely N-dealkylation sites (N-methyl/N-ethyl adjacent to an activating group) is 2. The van der Waals surface area contributed by atoms with Gasteiger partial charge in [-0.05, 0) is 39.8 Å². The molecule has 1 rings (SSSR count). The normalized spacial score (nSPS) is 25.0. The van der Waals surface area contributed by atoms with Crippen LogP contribution in [0.4, 0.5) is 0 Å². The van der Waals surface area contributed by atoms with Gasteiger partial charge in [0.25, 0.3) is 0 Å². The molecular weight excluding hydrogens is 214 g/mol. The third-order valence-corrected chi connectivity index (χ3v) is 3.67. The molecule has 2 unspecified atom stereocenters. The predicted octanol–water partition coefficient (Wildman–Crippen LogP) is 0.785. The van der Waals surface area contributed by atoms with E-state index in [1.165, 1.54) is 6.42 Å². The molecule has 4 nitrogen and oxygen atoms in total. The standard InChI is InChI=1S/C13H27N3O/c1-5-16(6-2)13(17)10-15(4)12-7-11(3)8-14-9-12/h11-12,14H,5-10H2,1-4H3. The van der Waals surface area contributed by atoms with E-state index >= 15 is 0 Å². The molecule has 1 aliphatic heterocycles. The molecule has 1 heterocycles. The van der Waals surface area contributed by atoms with Crippen LogP contribution in [0.25, 0.3) is 0 Å². The van der Waals surface area contributed by atoms with Crippen LogP contribution >= 0.6 is 0 Å². The van der Waals surface area contributed by atoms with Crippen LogP contribution in [0.1, 0.15) is 27.2 Å². The number of piperidine rings is 1. The largest absolute Gasteiger partial charge is 0.342 e. The summed E-state index contributed by atoms with van der Waals surface area (Å²) >= 11 is 0. The fourth-order valence-corrected chi connectivity index (χ4v) is 2.48. The summed E-state index contributed by atoms with van der Waals surface area (Å²) in [6.07, 6.45) is 1.19. The molecule has 0 aromatic carbocycles.